The Kier molecular flexibility index (Phi) is 4.94. The normalized spacial score (nSPS) is 14.9. The molecule has 0 saturated heterocycles. The second-order valence-electron chi connectivity index (χ2n) is 6.15. The standard InChI is InChI=1S/C17H19N3O5S/c1-19-9-8-12-10-13(6-7-14(12)19)16(21)11-18-26(24,25)17-5-3-2-4-15(17)20(22)23/h2-7,10,16,18,21H,8-9,11H2,1H3. The molecule has 3 rings (SSSR count). The fraction of sp³-hybridized carbons (Fsp3) is 0.294. The number of nitrogens with one attached hydrogen (secondary N) is 1. The van der Waals surface area contributed by atoms with Gasteiger partial charge in [0.25, 0.3) is 5.69 Å². The third-order valence-corrected chi connectivity index (χ3v) is 5.91. The van der Waals surface area contributed by atoms with Gasteiger partial charge in [0.1, 0.15) is 0 Å². The molecule has 2 aromatic carbocycles. The minimum Gasteiger partial charge on any atom is -0.387 e. The lowest BCUT2D eigenvalue weighted by Gasteiger charge is -2.15. The summed E-state index contributed by atoms with van der Waals surface area (Å²) >= 11 is 0. The summed E-state index contributed by atoms with van der Waals surface area (Å²) in [6, 6.07) is 10.6. The lowest BCUT2D eigenvalue weighted by Crippen LogP contribution is -2.29. The molecule has 0 spiro atoms. The smallest absolute Gasteiger partial charge is 0.289 e. The Hall–Kier alpha value is -2.49. The van der Waals surface area contributed by atoms with E-state index in [0.717, 1.165) is 36.3 Å². The highest BCUT2D eigenvalue weighted by molar-refractivity contribution is 7.89. The molecule has 2 aromatic rings. The molecule has 1 aliphatic heterocycles. The minimum atomic E-state index is -4.12. The predicted molar refractivity (Wildman–Crippen MR) is 96.7 cm³/mol. The molecule has 0 fully saturated rings. The van der Waals surface area contributed by atoms with Gasteiger partial charge in [-0.3, -0.25) is 10.1 Å². The quantitative estimate of drug-likeness (QED) is 0.584. The average Bonchev–Trinajstić information content (AvgIpc) is 3.00. The van der Waals surface area contributed by atoms with Crippen molar-refractivity contribution in [1.82, 2.24) is 4.72 Å². The van der Waals surface area contributed by atoms with Crippen LogP contribution in [0.4, 0.5) is 11.4 Å². The molecule has 26 heavy (non-hydrogen) atoms. The van der Waals surface area contributed by atoms with Gasteiger partial charge in [0, 0.05) is 31.9 Å². The van der Waals surface area contributed by atoms with Crippen molar-refractivity contribution in [2.24, 2.45) is 0 Å². The molecule has 8 nitrogen and oxygen atoms in total. The molecular weight excluding hydrogens is 358 g/mol. The van der Waals surface area contributed by atoms with E-state index in [1.165, 1.54) is 12.1 Å². The molecule has 9 heteroatoms. The Morgan fingerprint density at radius 2 is 2.04 bits per heavy atom. The van der Waals surface area contributed by atoms with Crippen molar-refractivity contribution in [3.8, 4) is 0 Å². The van der Waals surface area contributed by atoms with Gasteiger partial charge in [0.15, 0.2) is 4.90 Å². The van der Waals surface area contributed by atoms with Crippen molar-refractivity contribution >= 4 is 21.4 Å². The second kappa shape index (κ2) is 7.02. The molecule has 1 aliphatic rings. The average molecular weight is 377 g/mol. The maximum absolute atomic E-state index is 12.4. The fourth-order valence-corrected chi connectivity index (χ4v) is 4.22. The van der Waals surface area contributed by atoms with Crippen molar-refractivity contribution < 1.29 is 18.4 Å². The van der Waals surface area contributed by atoms with Crippen LogP contribution in [0.25, 0.3) is 0 Å². The number of fused-ring (bicyclic) bond motifs is 1. The van der Waals surface area contributed by atoms with Crippen molar-refractivity contribution in [1.29, 1.82) is 0 Å². The number of nitrogens with zero attached hydrogens (tertiary/aromatic N) is 2. The third kappa shape index (κ3) is 3.55. The SMILES string of the molecule is CN1CCc2cc(C(O)CNS(=O)(=O)c3ccccc3[N+](=O)[O-])ccc21. The Bertz CT molecular complexity index is 945. The second-order valence-corrected chi connectivity index (χ2v) is 7.89. The number of para-hydroxylation sites is 1. The number of sulfonamides is 1. The summed E-state index contributed by atoms with van der Waals surface area (Å²) < 4.78 is 27.0. The molecule has 0 bridgehead atoms. The number of benzene rings is 2. The Morgan fingerprint density at radius 3 is 2.77 bits per heavy atom. The van der Waals surface area contributed by atoms with E-state index in [1.807, 2.05) is 19.2 Å². The first-order valence-electron chi connectivity index (χ1n) is 8.04. The van der Waals surface area contributed by atoms with E-state index in [9.17, 15) is 23.6 Å². The van der Waals surface area contributed by atoms with Gasteiger partial charge < -0.3 is 10.0 Å². The Balaban J connectivity index is 1.75. The summed E-state index contributed by atoms with van der Waals surface area (Å²) in [6.45, 7) is 0.627. The lowest BCUT2D eigenvalue weighted by molar-refractivity contribution is -0.387. The van der Waals surface area contributed by atoms with Crippen LogP contribution in [0.15, 0.2) is 47.4 Å². The molecule has 0 radical (unpaired) electrons. The van der Waals surface area contributed by atoms with Gasteiger partial charge in [-0.15, -0.1) is 0 Å². The first-order chi connectivity index (χ1) is 12.3. The van der Waals surface area contributed by atoms with Crippen molar-refractivity contribution in [2.45, 2.75) is 17.4 Å². The topological polar surface area (TPSA) is 113 Å². The molecular formula is C17H19N3O5S. The van der Waals surface area contributed by atoms with Gasteiger partial charge >= 0.3 is 0 Å². The van der Waals surface area contributed by atoms with Crippen LogP contribution in [0.2, 0.25) is 0 Å². The van der Waals surface area contributed by atoms with Crippen LogP contribution < -0.4 is 9.62 Å². The number of aliphatic hydroxyl groups excluding tert-OH is 1. The Labute approximate surface area is 151 Å². The van der Waals surface area contributed by atoms with Crippen LogP contribution in [0.5, 0.6) is 0 Å². The van der Waals surface area contributed by atoms with Crippen molar-refractivity contribution in [3.63, 3.8) is 0 Å². The van der Waals surface area contributed by atoms with E-state index in [-0.39, 0.29) is 6.54 Å². The zero-order valence-corrected chi connectivity index (χ0v) is 14.9. The van der Waals surface area contributed by atoms with Gasteiger partial charge in [0.05, 0.1) is 11.0 Å². The zero-order valence-electron chi connectivity index (χ0n) is 14.1. The van der Waals surface area contributed by atoms with Crippen LogP contribution in [0.1, 0.15) is 17.2 Å². The van der Waals surface area contributed by atoms with E-state index < -0.39 is 31.6 Å². The van der Waals surface area contributed by atoms with Gasteiger partial charge in [0.2, 0.25) is 10.0 Å². The number of rotatable bonds is 6. The van der Waals surface area contributed by atoms with E-state index >= 15 is 0 Å². The summed E-state index contributed by atoms with van der Waals surface area (Å²) in [5, 5.41) is 21.4. The monoisotopic (exact) mass is 377 g/mol. The van der Waals surface area contributed by atoms with E-state index in [2.05, 4.69) is 9.62 Å². The fourth-order valence-electron chi connectivity index (χ4n) is 3.01. The molecule has 2 N–H and O–H groups in total. The summed E-state index contributed by atoms with van der Waals surface area (Å²) in [7, 11) is -2.13. The van der Waals surface area contributed by atoms with E-state index in [4.69, 9.17) is 0 Å². The van der Waals surface area contributed by atoms with Gasteiger partial charge in [-0.25, -0.2) is 13.1 Å². The van der Waals surface area contributed by atoms with Crippen LogP contribution in [0, 0.1) is 10.1 Å². The van der Waals surface area contributed by atoms with Gasteiger partial charge in [-0.2, -0.15) is 0 Å². The lowest BCUT2D eigenvalue weighted by atomic mass is 10.0. The maximum Gasteiger partial charge on any atom is 0.289 e. The first-order valence-corrected chi connectivity index (χ1v) is 9.53. The summed E-state index contributed by atoms with van der Waals surface area (Å²) in [4.78, 5) is 12.0. The highest BCUT2D eigenvalue weighted by Gasteiger charge is 2.26. The molecule has 0 aliphatic carbocycles. The van der Waals surface area contributed by atoms with Crippen LogP contribution in [-0.2, 0) is 16.4 Å². The van der Waals surface area contributed by atoms with Crippen molar-refractivity contribution in [3.05, 3.63) is 63.7 Å². The van der Waals surface area contributed by atoms with E-state index in [0.29, 0.717) is 5.56 Å². The van der Waals surface area contributed by atoms with Crippen molar-refractivity contribution in [2.75, 3.05) is 25.0 Å². The highest BCUT2D eigenvalue weighted by Crippen LogP contribution is 2.29. The van der Waals surface area contributed by atoms with Crippen LogP contribution >= 0.6 is 0 Å². The molecule has 1 unspecified atom stereocenters. The third-order valence-electron chi connectivity index (χ3n) is 4.43. The number of hydrogen-bond donors (Lipinski definition) is 2. The minimum absolute atomic E-state index is 0.275. The van der Waals surface area contributed by atoms with Gasteiger partial charge in [-0.05, 0) is 29.7 Å². The molecule has 0 amide bonds. The summed E-state index contributed by atoms with van der Waals surface area (Å²) in [6.07, 6.45) is -0.183. The molecule has 0 aromatic heterocycles. The number of anilines is 1. The van der Waals surface area contributed by atoms with E-state index in [1.54, 1.807) is 6.07 Å². The number of likely N-dealkylation sites (N-methyl/N-ethyl adjacent to an activating group) is 1. The van der Waals surface area contributed by atoms with Gasteiger partial charge in [-0.1, -0.05) is 24.3 Å². The molecule has 138 valence electrons. The zero-order chi connectivity index (χ0) is 18.9. The number of nitro benzene ring substituents is 1. The summed E-state index contributed by atoms with van der Waals surface area (Å²) in [5.41, 5.74) is 2.30. The largest absolute Gasteiger partial charge is 0.387 e. The highest BCUT2D eigenvalue weighted by atomic mass is 32.2. The molecule has 1 atom stereocenters. The number of aliphatic hydroxyl groups is 1. The molecule has 1 heterocycles. The maximum atomic E-state index is 12.4. The number of hydrogen-bond acceptors (Lipinski definition) is 6. The van der Waals surface area contributed by atoms with Crippen LogP contribution in [0.3, 0.4) is 0 Å². The number of nitro groups is 1. The first kappa shape index (κ1) is 18.3. The predicted octanol–water partition coefficient (Wildman–Crippen LogP) is 1.60. The molecule has 0 saturated carbocycles. The summed E-state index contributed by atoms with van der Waals surface area (Å²) in [5.74, 6) is 0. The Morgan fingerprint density at radius 1 is 1.31 bits per heavy atom. The van der Waals surface area contributed by atoms with Crippen LogP contribution in [-0.4, -0.2) is 38.6 Å².